The molecule has 3 N–H and O–H groups in total. The average molecular weight is 395 g/mol. The van der Waals surface area contributed by atoms with Crippen LogP contribution in [0.5, 0.6) is 0 Å². The van der Waals surface area contributed by atoms with Gasteiger partial charge in [0.15, 0.2) is 5.11 Å². The molecular weight excluding hydrogens is 374 g/mol. The number of nitrogens with one attached hydrogen (secondary N) is 3. The minimum absolute atomic E-state index is 0.0153. The van der Waals surface area contributed by atoms with E-state index in [2.05, 4.69) is 31.2 Å². The zero-order valence-electron chi connectivity index (χ0n) is 15.5. The van der Waals surface area contributed by atoms with E-state index in [1.807, 2.05) is 25.4 Å². The molecule has 28 heavy (non-hydrogen) atoms. The van der Waals surface area contributed by atoms with Crippen molar-refractivity contribution in [3.63, 3.8) is 0 Å². The monoisotopic (exact) mass is 395 g/mol. The van der Waals surface area contributed by atoms with Gasteiger partial charge in [0.05, 0.1) is 17.2 Å². The average Bonchev–Trinajstić information content (AvgIpc) is 3.37. The van der Waals surface area contributed by atoms with Crippen LogP contribution in [-0.2, 0) is 11.8 Å². The highest BCUT2D eigenvalue weighted by atomic mass is 32.1. The topological polar surface area (TPSA) is 96.8 Å². The second-order valence-corrected chi connectivity index (χ2v) is 7.32. The Kier molecular flexibility index (Phi) is 5.16. The molecule has 4 rings (SSSR count). The lowest BCUT2D eigenvalue weighted by molar-refractivity contribution is -0.125. The van der Waals surface area contributed by atoms with Crippen LogP contribution < -0.4 is 16.2 Å². The highest BCUT2D eigenvalue weighted by molar-refractivity contribution is 7.80. The predicted octanol–water partition coefficient (Wildman–Crippen LogP) is 2.54. The summed E-state index contributed by atoms with van der Waals surface area (Å²) in [5.74, 6) is 0.634. The Labute approximate surface area is 167 Å². The lowest BCUT2D eigenvalue weighted by atomic mass is 10.1. The Morgan fingerprint density at radius 2 is 1.96 bits per heavy atom. The summed E-state index contributed by atoms with van der Waals surface area (Å²) in [6.07, 6.45) is 9.61. The molecule has 1 fully saturated rings. The van der Waals surface area contributed by atoms with Crippen LogP contribution >= 0.6 is 12.2 Å². The quantitative estimate of drug-likeness (QED) is 0.463. The number of aromatic nitrogens is 4. The number of aryl methyl sites for hydroxylation is 1. The van der Waals surface area contributed by atoms with E-state index in [1.165, 1.54) is 0 Å². The van der Waals surface area contributed by atoms with Crippen LogP contribution in [0.1, 0.15) is 25.7 Å². The van der Waals surface area contributed by atoms with E-state index in [1.54, 1.807) is 23.1 Å². The number of carbonyl (C=O) groups is 1. The summed E-state index contributed by atoms with van der Waals surface area (Å²) in [5.41, 5.74) is 8.86. The summed E-state index contributed by atoms with van der Waals surface area (Å²) in [4.78, 5) is 21.1. The number of fused-ring (bicyclic) bond motifs is 1. The summed E-state index contributed by atoms with van der Waals surface area (Å²) < 4.78 is 1.74. The largest absolute Gasteiger partial charge is 0.316 e. The Hall–Kier alpha value is -3.07. The van der Waals surface area contributed by atoms with Gasteiger partial charge in [-0.25, -0.2) is 4.98 Å². The van der Waals surface area contributed by atoms with E-state index in [9.17, 15) is 4.79 Å². The first-order valence-corrected chi connectivity index (χ1v) is 9.62. The first-order valence-electron chi connectivity index (χ1n) is 9.21. The molecule has 1 aliphatic carbocycles. The molecule has 0 atom stereocenters. The van der Waals surface area contributed by atoms with Crippen molar-refractivity contribution in [3.8, 4) is 11.1 Å². The van der Waals surface area contributed by atoms with Crippen molar-refractivity contribution in [2.24, 2.45) is 13.0 Å². The van der Waals surface area contributed by atoms with E-state index in [0.717, 1.165) is 47.8 Å². The van der Waals surface area contributed by atoms with Gasteiger partial charge >= 0.3 is 0 Å². The second kappa shape index (κ2) is 7.89. The molecule has 8 nitrogen and oxygen atoms in total. The van der Waals surface area contributed by atoms with Crippen LogP contribution in [0.25, 0.3) is 22.2 Å². The fourth-order valence-corrected chi connectivity index (χ4v) is 3.52. The number of thiocarbonyl (C=S) groups is 1. The maximum Gasteiger partial charge on any atom is 0.241 e. The summed E-state index contributed by atoms with van der Waals surface area (Å²) in [6.45, 7) is 0. The molecule has 3 aromatic heterocycles. The second-order valence-electron chi connectivity index (χ2n) is 6.91. The molecular formula is C19H21N7OS. The number of pyridine rings is 2. The van der Waals surface area contributed by atoms with Gasteiger partial charge in [0.25, 0.3) is 0 Å². The molecule has 3 heterocycles. The molecule has 0 saturated heterocycles. The van der Waals surface area contributed by atoms with Crippen molar-refractivity contribution < 1.29 is 4.79 Å². The standard InChI is InChI=1S/C19H21N7OS/c1-26-11-14(10-21-26)13-8-16-15(20-9-13)6-7-17(22-16)23-19(28)25-24-18(27)12-4-2-3-5-12/h6-12H,2-5H2,1H3,(H,24,27)(H2,22,23,25,28). The molecule has 0 unspecified atom stereocenters. The molecule has 0 radical (unpaired) electrons. The SMILES string of the molecule is Cn1cc(-c2cnc3ccc(NC(=S)NNC(=O)C4CCCC4)nc3c2)cn1. The third-order valence-electron chi connectivity index (χ3n) is 4.84. The van der Waals surface area contributed by atoms with E-state index in [-0.39, 0.29) is 16.9 Å². The van der Waals surface area contributed by atoms with E-state index in [0.29, 0.717) is 5.82 Å². The molecule has 0 spiro atoms. The Morgan fingerprint density at radius 3 is 2.71 bits per heavy atom. The van der Waals surface area contributed by atoms with Crippen molar-refractivity contribution in [2.75, 3.05) is 5.32 Å². The predicted molar refractivity (Wildman–Crippen MR) is 111 cm³/mol. The lowest BCUT2D eigenvalue weighted by Gasteiger charge is -2.14. The van der Waals surface area contributed by atoms with Crippen LogP contribution in [0.2, 0.25) is 0 Å². The summed E-state index contributed by atoms with van der Waals surface area (Å²) in [5, 5.41) is 7.47. The van der Waals surface area contributed by atoms with Crippen LogP contribution in [-0.4, -0.2) is 30.8 Å². The zero-order chi connectivity index (χ0) is 19.5. The van der Waals surface area contributed by atoms with Crippen molar-refractivity contribution in [1.82, 2.24) is 30.6 Å². The van der Waals surface area contributed by atoms with Gasteiger partial charge in [0, 0.05) is 36.5 Å². The first kappa shape index (κ1) is 18.3. The first-order chi connectivity index (χ1) is 13.6. The third-order valence-corrected chi connectivity index (χ3v) is 5.05. The molecule has 1 amide bonds. The smallest absolute Gasteiger partial charge is 0.241 e. The van der Waals surface area contributed by atoms with Crippen molar-refractivity contribution in [1.29, 1.82) is 0 Å². The van der Waals surface area contributed by atoms with Gasteiger partial charge in [-0.3, -0.25) is 25.3 Å². The fourth-order valence-electron chi connectivity index (χ4n) is 3.36. The van der Waals surface area contributed by atoms with Crippen LogP contribution in [0.3, 0.4) is 0 Å². The summed E-state index contributed by atoms with van der Waals surface area (Å²) >= 11 is 5.25. The maximum atomic E-state index is 12.1. The molecule has 0 bridgehead atoms. The van der Waals surface area contributed by atoms with Gasteiger partial charge in [-0.05, 0) is 43.3 Å². The summed E-state index contributed by atoms with van der Waals surface area (Å²) in [7, 11) is 1.87. The molecule has 9 heteroatoms. The van der Waals surface area contributed by atoms with Crippen LogP contribution in [0, 0.1) is 5.92 Å². The maximum absolute atomic E-state index is 12.1. The third kappa shape index (κ3) is 4.09. The highest BCUT2D eigenvalue weighted by Gasteiger charge is 2.22. The van der Waals surface area contributed by atoms with Gasteiger partial charge in [0.1, 0.15) is 5.82 Å². The number of hydrogen-bond donors (Lipinski definition) is 3. The van der Waals surface area contributed by atoms with Gasteiger partial charge in [0.2, 0.25) is 5.91 Å². The van der Waals surface area contributed by atoms with E-state index >= 15 is 0 Å². The molecule has 1 saturated carbocycles. The van der Waals surface area contributed by atoms with Gasteiger partial charge in [-0.2, -0.15) is 5.10 Å². The Bertz CT molecular complexity index is 1030. The van der Waals surface area contributed by atoms with Crippen LogP contribution in [0.15, 0.2) is 36.8 Å². The van der Waals surface area contributed by atoms with Gasteiger partial charge in [-0.1, -0.05) is 12.8 Å². The van der Waals surface area contributed by atoms with E-state index in [4.69, 9.17) is 12.2 Å². The minimum Gasteiger partial charge on any atom is -0.316 e. The molecule has 144 valence electrons. The normalized spacial score (nSPS) is 14.2. The minimum atomic E-state index is -0.0153. The lowest BCUT2D eigenvalue weighted by Crippen LogP contribution is -2.45. The number of nitrogens with zero attached hydrogens (tertiary/aromatic N) is 4. The fraction of sp³-hybridized carbons (Fsp3) is 0.316. The van der Waals surface area contributed by atoms with Gasteiger partial charge in [-0.15, -0.1) is 0 Å². The number of anilines is 1. The summed E-state index contributed by atoms with van der Waals surface area (Å²) in [6, 6.07) is 5.63. The van der Waals surface area contributed by atoms with Crippen molar-refractivity contribution in [2.45, 2.75) is 25.7 Å². The molecule has 0 aromatic carbocycles. The molecule has 1 aliphatic rings. The van der Waals surface area contributed by atoms with Crippen molar-refractivity contribution in [3.05, 3.63) is 36.8 Å². The highest BCUT2D eigenvalue weighted by Crippen LogP contribution is 2.24. The molecule has 0 aliphatic heterocycles. The van der Waals surface area contributed by atoms with Crippen LogP contribution in [0.4, 0.5) is 5.82 Å². The van der Waals surface area contributed by atoms with E-state index < -0.39 is 0 Å². The number of amides is 1. The number of hydrazine groups is 1. The van der Waals surface area contributed by atoms with Gasteiger partial charge < -0.3 is 5.32 Å². The zero-order valence-corrected chi connectivity index (χ0v) is 16.3. The number of carbonyl (C=O) groups excluding carboxylic acids is 1. The molecule has 3 aromatic rings. The van der Waals surface area contributed by atoms with Crippen molar-refractivity contribution >= 4 is 40.1 Å². The Balaban J connectivity index is 1.43. The Morgan fingerprint density at radius 1 is 1.14 bits per heavy atom. The number of rotatable bonds is 3. The number of hydrogen-bond acceptors (Lipinski definition) is 5.